The van der Waals surface area contributed by atoms with E-state index in [2.05, 4.69) is 15.3 Å². The first-order chi connectivity index (χ1) is 11.5. The number of aliphatic hydroxyl groups excluding tert-OH is 1. The Kier molecular flexibility index (Phi) is 4.75. The molecule has 2 aromatic rings. The quantitative estimate of drug-likeness (QED) is 0.843. The molecule has 0 spiro atoms. The van der Waals surface area contributed by atoms with Crippen LogP contribution in [-0.2, 0) is 24.3 Å². The summed E-state index contributed by atoms with van der Waals surface area (Å²) in [5.41, 5.74) is 2.02. The first-order valence-corrected chi connectivity index (χ1v) is 8.10. The number of fused-ring (bicyclic) bond motifs is 1. The molecular formula is C16H21N5O3. The van der Waals surface area contributed by atoms with Crippen molar-refractivity contribution < 1.29 is 9.90 Å². The number of rotatable bonds is 4. The summed E-state index contributed by atoms with van der Waals surface area (Å²) < 4.78 is 1.87. The van der Waals surface area contributed by atoms with Gasteiger partial charge in [-0.3, -0.25) is 14.3 Å². The number of carbonyl (C=O) groups is 1. The summed E-state index contributed by atoms with van der Waals surface area (Å²) in [7, 11) is 0. The maximum Gasteiger partial charge on any atom is 0.264 e. The molecule has 0 aromatic carbocycles. The van der Waals surface area contributed by atoms with E-state index >= 15 is 0 Å². The van der Waals surface area contributed by atoms with E-state index in [1.807, 2.05) is 15.6 Å². The second-order valence-electron chi connectivity index (χ2n) is 6.04. The van der Waals surface area contributed by atoms with Crippen LogP contribution >= 0.6 is 0 Å². The molecule has 2 aromatic heterocycles. The monoisotopic (exact) mass is 331 g/mol. The van der Waals surface area contributed by atoms with Crippen molar-refractivity contribution >= 4 is 5.91 Å². The van der Waals surface area contributed by atoms with E-state index in [0.29, 0.717) is 37.3 Å². The number of carbonyl (C=O) groups excluding carboxylic acids is 1. The van der Waals surface area contributed by atoms with Crippen molar-refractivity contribution in [3.05, 3.63) is 45.6 Å². The van der Waals surface area contributed by atoms with E-state index in [1.54, 1.807) is 13.0 Å². The highest BCUT2D eigenvalue weighted by atomic mass is 16.3. The molecule has 3 rings (SSSR count). The van der Waals surface area contributed by atoms with Gasteiger partial charge in [-0.15, -0.1) is 0 Å². The maximum atomic E-state index is 12.5. The minimum Gasteiger partial charge on any atom is -0.387 e. The van der Waals surface area contributed by atoms with Gasteiger partial charge in [0.1, 0.15) is 0 Å². The van der Waals surface area contributed by atoms with Crippen LogP contribution in [0.2, 0.25) is 0 Å². The zero-order chi connectivity index (χ0) is 17.1. The highest BCUT2D eigenvalue weighted by molar-refractivity contribution is 5.76. The molecule has 8 nitrogen and oxygen atoms in total. The van der Waals surface area contributed by atoms with Crippen molar-refractivity contribution in [2.75, 3.05) is 6.54 Å². The largest absolute Gasteiger partial charge is 0.387 e. The number of hydrogen-bond acceptors (Lipinski definition) is 5. The Labute approximate surface area is 139 Å². The topological polar surface area (TPSA) is 104 Å². The highest BCUT2D eigenvalue weighted by Gasteiger charge is 2.21. The molecule has 0 aliphatic carbocycles. The molecule has 0 saturated heterocycles. The lowest BCUT2D eigenvalue weighted by Crippen LogP contribution is -2.31. The summed E-state index contributed by atoms with van der Waals surface area (Å²) in [6.45, 7) is 3.61. The Morgan fingerprint density at radius 3 is 2.96 bits per heavy atom. The Morgan fingerprint density at radius 1 is 1.42 bits per heavy atom. The van der Waals surface area contributed by atoms with E-state index in [4.69, 9.17) is 0 Å². The van der Waals surface area contributed by atoms with E-state index in [1.165, 1.54) is 6.07 Å². The average molecular weight is 331 g/mol. The van der Waals surface area contributed by atoms with Crippen LogP contribution in [0.25, 0.3) is 0 Å². The maximum absolute atomic E-state index is 12.5. The fraction of sp³-hybridized carbons (Fsp3) is 0.500. The van der Waals surface area contributed by atoms with Gasteiger partial charge in [0, 0.05) is 32.0 Å². The lowest BCUT2D eigenvalue weighted by atomic mass is 10.2. The van der Waals surface area contributed by atoms with E-state index < -0.39 is 6.10 Å². The van der Waals surface area contributed by atoms with Crippen LogP contribution in [0.1, 0.15) is 43.0 Å². The van der Waals surface area contributed by atoms with Gasteiger partial charge in [-0.1, -0.05) is 0 Å². The van der Waals surface area contributed by atoms with E-state index in [-0.39, 0.29) is 11.5 Å². The van der Waals surface area contributed by atoms with E-state index in [9.17, 15) is 14.7 Å². The lowest BCUT2D eigenvalue weighted by Gasteiger charge is -2.19. The Balaban J connectivity index is 1.64. The molecule has 1 amide bonds. The van der Waals surface area contributed by atoms with Crippen molar-refractivity contribution in [1.29, 1.82) is 0 Å². The van der Waals surface area contributed by atoms with Crippen LogP contribution < -0.4 is 5.56 Å². The summed E-state index contributed by atoms with van der Waals surface area (Å²) in [6, 6.07) is 4.91. The van der Waals surface area contributed by atoms with Gasteiger partial charge in [-0.2, -0.15) is 10.2 Å². The van der Waals surface area contributed by atoms with Crippen molar-refractivity contribution in [1.82, 2.24) is 24.9 Å². The number of aliphatic hydroxyl groups is 1. The molecule has 3 heterocycles. The van der Waals surface area contributed by atoms with Crippen LogP contribution in [0.4, 0.5) is 0 Å². The zero-order valence-electron chi connectivity index (χ0n) is 13.6. The number of nitrogens with zero attached hydrogens (tertiary/aromatic N) is 4. The number of nitrogens with one attached hydrogen (secondary N) is 1. The van der Waals surface area contributed by atoms with Gasteiger partial charge in [-0.25, -0.2) is 5.10 Å². The van der Waals surface area contributed by atoms with Crippen molar-refractivity contribution in [3.8, 4) is 0 Å². The third-order valence-corrected chi connectivity index (χ3v) is 4.15. The van der Waals surface area contributed by atoms with Crippen LogP contribution in [0.5, 0.6) is 0 Å². The molecular weight excluding hydrogens is 310 g/mol. The molecule has 128 valence electrons. The highest BCUT2D eigenvalue weighted by Crippen LogP contribution is 2.18. The van der Waals surface area contributed by atoms with Crippen LogP contribution in [0.3, 0.4) is 0 Å². The van der Waals surface area contributed by atoms with Gasteiger partial charge >= 0.3 is 0 Å². The molecule has 0 unspecified atom stereocenters. The fourth-order valence-electron chi connectivity index (χ4n) is 2.81. The number of aromatic nitrogens is 4. The zero-order valence-corrected chi connectivity index (χ0v) is 13.6. The number of amides is 1. The third-order valence-electron chi connectivity index (χ3n) is 4.15. The standard InChI is InChI=1S/C16H21N5O3/c1-11(22)14-9-13-10-20(7-2-8-21(13)19-14)16(24)6-4-12-3-5-15(23)18-17-12/h3,5,9,11,22H,2,4,6-8,10H2,1H3,(H,18,23)/t11-/m0/s1. The van der Waals surface area contributed by atoms with Crippen molar-refractivity contribution in [3.63, 3.8) is 0 Å². The molecule has 8 heteroatoms. The second kappa shape index (κ2) is 6.96. The van der Waals surface area contributed by atoms with Gasteiger partial charge in [0.25, 0.3) is 5.56 Å². The van der Waals surface area contributed by atoms with Gasteiger partial charge in [0.05, 0.1) is 29.7 Å². The van der Waals surface area contributed by atoms with E-state index in [0.717, 1.165) is 18.7 Å². The first kappa shape index (κ1) is 16.4. The van der Waals surface area contributed by atoms with Gasteiger partial charge in [0.15, 0.2) is 0 Å². The normalized spacial score (nSPS) is 15.7. The van der Waals surface area contributed by atoms with Crippen LogP contribution in [0.15, 0.2) is 23.0 Å². The number of aromatic amines is 1. The Morgan fingerprint density at radius 2 is 2.25 bits per heavy atom. The molecule has 2 N–H and O–H groups in total. The van der Waals surface area contributed by atoms with Gasteiger partial charge in [-0.05, 0) is 25.5 Å². The summed E-state index contributed by atoms with van der Waals surface area (Å²) >= 11 is 0. The number of aryl methyl sites for hydroxylation is 2. The van der Waals surface area contributed by atoms with Crippen LogP contribution in [0, 0.1) is 0 Å². The van der Waals surface area contributed by atoms with Crippen molar-refractivity contribution in [2.45, 2.75) is 45.4 Å². The molecule has 0 saturated carbocycles. The molecule has 24 heavy (non-hydrogen) atoms. The minimum atomic E-state index is -0.611. The second-order valence-corrected chi connectivity index (χ2v) is 6.04. The minimum absolute atomic E-state index is 0.0521. The fourth-order valence-corrected chi connectivity index (χ4v) is 2.81. The SMILES string of the molecule is C[C@H](O)c1cc2n(n1)CCCN(C(=O)CCc1ccc(=O)[nH]n1)C2. The smallest absolute Gasteiger partial charge is 0.264 e. The van der Waals surface area contributed by atoms with Crippen LogP contribution in [-0.4, -0.2) is 42.4 Å². The lowest BCUT2D eigenvalue weighted by molar-refractivity contribution is -0.131. The average Bonchev–Trinajstić information content (AvgIpc) is 2.86. The Bertz CT molecular complexity index is 760. The predicted molar refractivity (Wildman–Crippen MR) is 86.1 cm³/mol. The molecule has 0 bridgehead atoms. The number of H-pyrrole nitrogens is 1. The molecule has 1 aliphatic heterocycles. The van der Waals surface area contributed by atoms with Gasteiger partial charge in [0.2, 0.25) is 5.91 Å². The Hall–Kier alpha value is -2.48. The molecule has 1 aliphatic rings. The summed E-state index contributed by atoms with van der Waals surface area (Å²) in [5.74, 6) is 0.0521. The first-order valence-electron chi connectivity index (χ1n) is 8.10. The number of hydrogen-bond donors (Lipinski definition) is 2. The molecule has 0 radical (unpaired) electrons. The predicted octanol–water partition coefficient (Wildman–Crippen LogP) is 0.385. The van der Waals surface area contributed by atoms with Crippen molar-refractivity contribution in [2.24, 2.45) is 0 Å². The molecule has 0 fully saturated rings. The summed E-state index contributed by atoms with van der Waals surface area (Å²) in [6.07, 6.45) is 1.05. The van der Waals surface area contributed by atoms with Gasteiger partial charge < -0.3 is 10.0 Å². The summed E-state index contributed by atoms with van der Waals surface area (Å²) in [5, 5.41) is 20.3. The third kappa shape index (κ3) is 3.70. The molecule has 1 atom stereocenters. The summed E-state index contributed by atoms with van der Waals surface area (Å²) in [4.78, 5) is 25.3.